The van der Waals surface area contributed by atoms with Gasteiger partial charge < -0.3 is 20.5 Å². The topological polar surface area (TPSA) is 73.6 Å². The normalized spacial score (nSPS) is 17.2. The number of rotatable bonds is 6. The number of ether oxygens (including phenoxy) is 2. The van der Waals surface area contributed by atoms with Crippen molar-refractivity contribution in [3.63, 3.8) is 0 Å². The molecule has 1 aromatic carbocycles. The van der Waals surface area contributed by atoms with Crippen molar-refractivity contribution in [1.82, 2.24) is 5.32 Å². The molecule has 1 aliphatic rings. The van der Waals surface area contributed by atoms with Gasteiger partial charge >= 0.3 is 0 Å². The molecular weight excluding hydrogens is 268 g/mol. The average Bonchev–Trinajstić information content (AvgIpc) is 2.46. The summed E-state index contributed by atoms with van der Waals surface area (Å²) in [6.07, 6.45) is 2.33. The highest BCUT2D eigenvalue weighted by Crippen LogP contribution is 2.28. The number of carbonyl (C=O) groups is 1. The molecule has 5 heteroatoms. The van der Waals surface area contributed by atoms with Crippen LogP contribution in [0.2, 0.25) is 0 Å². The van der Waals surface area contributed by atoms with Gasteiger partial charge in [0, 0.05) is 31.5 Å². The third-order valence-electron chi connectivity index (χ3n) is 3.87. The van der Waals surface area contributed by atoms with Crippen molar-refractivity contribution < 1.29 is 14.3 Å². The first-order valence-corrected chi connectivity index (χ1v) is 7.40. The first-order valence-electron chi connectivity index (χ1n) is 7.40. The number of nitrogens with two attached hydrogens (primary N) is 1. The van der Waals surface area contributed by atoms with Gasteiger partial charge in [0.15, 0.2) is 0 Å². The summed E-state index contributed by atoms with van der Waals surface area (Å²) in [5.41, 5.74) is 6.48. The number of amides is 1. The molecule has 5 nitrogen and oxygen atoms in total. The van der Waals surface area contributed by atoms with Crippen LogP contribution in [-0.4, -0.2) is 32.3 Å². The van der Waals surface area contributed by atoms with Crippen LogP contribution in [0, 0.1) is 5.41 Å². The van der Waals surface area contributed by atoms with Gasteiger partial charge in [-0.2, -0.15) is 0 Å². The van der Waals surface area contributed by atoms with Gasteiger partial charge in [0.05, 0.1) is 13.0 Å². The van der Waals surface area contributed by atoms with E-state index in [9.17, 15) is 4.79 Å². The molecule has 2 rings (SSSR count). The van der Waals surface area contributed by atoms with Crippen molar-refractivity contribution in [2.24, 2.45) is 5.41 Å². The first kappa shape index (κ1) is 15.6. The van der Waals surface area contributed by atoms with Crippen LogP contribution in [0.4, 0.5) is 5.69 Å². The lowest BCUT2D eigenvalue weighted by atomic mass is 9.82. The van der Waals surface area contributed by atoms with Gasteiger partial charge in [-0.1, -0.05) is 13.0 Å². The van der Waals surface area contributed by atoms with Crippen molar-refractivity contribution in [1.29, 1.82) is 0 Å². The zero-order valence-corrected chi connectivity index (χ0v) is 12.6. The number of nitrogens with one attached hydrogen (secondary N) is 1. The Morgan fingerprint density at radius 3 is 2.90 bits per heavy atom. The lowest BCUT2D eigenvalue weighted by Crippen LogP contribution is -2.39. The van der Waals surface area contributed by atoms with Gasteiger partial charge in [0.2, 0.25) is 5.91 Å². The highest BCUT2D eigenvalue weighted by Gasteiger charge is 2.27. The summed E-state index contributed by atoms with van der Waals surface area (Å²) in [6, 6.07) is 7.21. The van der Waals surface area contributed by atoms with Crippen LogP contribution >= 0.6 is 0 Å². The summed E-state index contributed by atoms with van der Waals surface area (Å²) in [6.45, 7) is 4.82. The van der Waals surface area contributed by atoms with Crippen LogP contribution in [0.3, 0.4) is 0 Å². The Bertz CT molecular complexity index is 470. The van der Waals surface area contributed by atoms with Crippen molar-refractivity contribution in [2.45, 2.75) is 26.2 Å². The molecule has 1 aromatic rings. The van der Waals surface area contributed by atoms with Crippen LogP contribution in [0.1, 0.15) is 26.2 Å². The Labute approximate surface area is 125 Å². The lowest BCUT2D eigenvalue weighted by molar-refractivity contribution is -0.122. The molecule has 0 atom stereocenters. The third-order valence-corrected chi connectivity index (χ3v) is 3.87. The van der Waals surface area contributed by atoms with Gasteiger partial charge in [-0.25, -0.2) is 0 Å². The fourth-order valence-corrected chi connectivity index (χ4v) is 2.31. The van der Waals surface area contributed by atoms with Crippen LogP contribution in [-0.2, 0) is 9.53 Å². The maximum absolute atomic E-state index is 11.8. The molecule has 1 saturated heterocycles. The second-order valence-electron chi connectivity index (χ2n) is 5.87. The highest BCUT2D eigenvalue weighted by molar-refractivity contribution is 5.76. The number of anilines is 1. The van der Waals surface area contributed by atoms with Crippen LogP contribution < -0.4 is 15.8 Å². The largest absolute Gasteiger partial charge is 0.493 e. The molecule has 1 heterocycles. The zero-order valence-electron chi connectivity index (χ0n) is 12.6. The molecule has 1 amide bonds. The summed E-state index contributed by atoms with van der Waals surface area (Å²) in [7, 11) is 0. The van der Waals surface area contributed by atoms with Gasteiger partial charge in [-0.15, -0.1) is 0 Å². The number of hydrogen-bond donors (Lipinski definition) is 2. The molecule has 0 aromatic heterocycles. The van der Waals surface area contributed by atoms with E-state index in [0.717, 1.165) is 26.1 Å². The zero-order chi connectivity index (χ0) is 15.1. The number of nitrogen functional groups attached to an aromatic ring is 1. The van der Waals surface area contributed by atoms with E-state index >= 15 is 0 Å². The predicted molar refractivity (Wildman–Crippen MR) is 82.1 cm³/mol. The first-order chi connectivity index (χ1) is 10.1. The lowest BCUT2D eigenvalue weighted by Gasteiger charge is -2.33. The van der Waals surface area contributed by atoms with Crippen molar-refractivity contribution >= 4 is 11.6 Å². The average molecular weight is 292 g/mol. The van der Waals surface area contributed by atoms with Gasteiger partial charge in [0.25, 0.3) is 0 Å². The molecule has 0 aliphatic carbocycles. The summed E-state index contributed by atoms with van der Waals surface area (Å²) in [4.78, 5) is 11.8. The van der Waals surface area contributed by atoms with Crippen molar-refractivity contribution in [2.75, 3.05) is 32.1 Å². The molecule has 116 valence electrons. The Morgan fingerprint density at radius 2 is 2.19 bits per heavy atom. The minimum absolute atomic E-state index is 0.0200. The number of hydrogen-bond acceptors (Lipinski definition) is 4. The van der Waals surface area contributed by atoms with E-state index in [4.69, 9.17) is 15.2 Å². The van der Waals surface area contributed by atoms with E-state index < -0.39 is 0 Å². The summed E-state index contributed by atoms with van der Waals surface area (Å²) in [5.74, 6) is 0.714. The molecule has 0 radical (unpaired) electrons. The molecule has 3 N–H and O–H groups in total. The Morgan fingerprint density at radius 1 is 1.43 bits per heavy atom. The maximum Gasteiger partial charge on any atom is 0.223 e. The molecule has 0 saturated carbocycles. The smallest absolute Gasteiger partial charge is 0.223 e. The molecular formula is C16H24N2O3. The van der Waals surface area contributed by atoms with Crippen LogP contribution in [0.25, 0.3) is 0 Å². The van der Waals surface area contributed by atoms with E-state index in [2.05, 4.69) is 12.2 Å². The van der Waals surface area contributed by atoms with E-state index in [-0.39, 0.29) is 11.3 Å². The Balaban J connectivity index is 1.65. The molecule has 1 aliphatic heterocycles. The van der Waals surface area contributed by atoms with E-state index in [0.29, 0.717) is 31.0 Å². The minimum Gasteiger partial charge on any atom is -0.493 e. The summed E-state index contributed by atoms with van der Waals surface area (Å²) < 4.78 is 10.9. The minimum atomic E-state index is 0.0200. The van der Waals surface area contributed by atoms with Crippen LogP contribution in [0.15, 0.2) is 24.3 Å². The van der Waals surface area contributed by atoms with Crippen LogP contribution in [0.5, 0.6) is 5.75 Å². The maximum atomic E-state index is 11.8. The van der Waals surface area contributed by atoms with Crippen molar-refractivity contribution in [3.05, 3.63) is 24.3 Å². The van der Waals surface area contributed by atoms with Crippen molar-refractivity contribution in [3.8, 4) is 5.75 Å². The Kier molecular flexibility index (Phi) is 5.44. The van der Waals surface area contributed by atoms with Gasteiger partial charge in [0.1, 0.15) is 5.75 Å². The van der Waals surface area contributed by atoms with E-state index in [1.165, 1.54) is 0 Å². The summed E-state index contributed by atoms with van der Waals surface area (Å²) >= 11 is 0. The third kappa shape index (κ3) is 5.27. The number of benzene rings is 1. The SMILES string of the molecule is CC1(CNC(=O)CCOc2cccc(N)c2)CCOCC1. The summed E-state index contributed by atoms with van der Waals surface area (Å²) in [5, 5.41) is 2.99. The molecule has 0 bridgehead atoms. The number of carbonyl (C=O) groups excluding carboxylic acids is 1. The molecule has 0 unspecified atom stereocenters. The second kappa shape index (κ2) is 7.31. The standard InChI is InChI=1S/C16H24N2O3/c1-16(6-9-20-10-7-16)12-18-15(19)5-8-21-14-4-2-3-13(17)11-14/h2-4,11H,5-10,12,17H2,1H3,(H,18,19). The predicted octanol–water partition coefficient (Wildman–Crippen LogP) is 1.97. The fraction of sp³-hybridized carbons (Fsp3) is 0.562. The van der Waals surface area contributed by atoms with Gasteiger partial charge in [-0.3, -0.25) is 4.79 Å². The van der Waals surface area contributed by atoms with E-state index in [1.807, 2.05) is 12.1 Å². The highest BCUT2D eigenvalue weighted by atomic mass is 16.5. The van der Waals surface area contributed by atoms with E-state index in [1.54, 1.807) is 12.1 Å². The monoisotopic (exact) mass is 292 g/mol. The molecule has 21 heavy (non-hydrogen) atoms. The second-order valence-corrected chi connectivity index (χ2v) is 5.87. The molecule has 1 fully saturated rings. The fourth-order valence-electron chi connectivity index (χ4n) is 2.31. The quantitative estimate of drug-likeness (QED) is 0.786. The van der Waals surface area contributed by atoms with Gasteiger partial charge in [-0.05, 0) is 30.4 Å². The molecule has 0 spiro atoms. The Hall–Kier alpha value is -1.75.